The summed E-state index contributed by atoms with van der Waals surface area (Å²) >= 11 is 7.30. The lowest BCUT2D eigenvalue weighted by atomic mass is 10.1. The zero-order chi connectivity index (χ0) is 13.1. The number of hydrogen-bond donors (Lipinski definition) is 0. The van der Waals surface area contributed by atoms with Crippen LogP contribution in [0.3, 0.4) is 0 Å². The van der Waals surface area contributed by atoms with Gasteiger partial charge in [0.25, 0.3) is 0 Å². The van der Waals surface area contributed by atoms with Gasteiger partial charge in [-0.15, -0.1) is 0 Å². The SMILES string of the molecule is CCOc1ccc(C(Br)C2CCC(C)O2)cc1Br. The molecule has 0 bridgehead atoms. The molecule has 4 heteroatoms. The molecule has 0 N–H and O–H groups in total. The van der Waals surface area contributed by atoms with Crippen LogP contribution < -0.4 is 4.74 Å². The van der Waals surface area contributed by atoms with Crippen molar-refractivity contribution in [1.29, 1.82) is 0 Å². The Kier molecular flexibility index (Phi) is 5.10. The first kappa shape index (κ1) is 14.4. The number of rotatable bonds is 4. The largest absolute Gasteiger partial charge is 0.493 e. The molecular weight excluding hydrogens is 360 g/mol. The van der Waals surface area contributed by atoms with Crippen LogP contribution in [-0.4, -0.2) is 18.8 Å². The molecule has 0 saturated carbocycles. The third kappa shape index (κ3) is 3.28. The highest BCUT2D eigenvalue weighted by atomic mass is 79.9. The van der Waals surface area contributed by atoms with Gasteiger partial charge in [0.1, 0.15) is 5.75 Å². The molecule has 0 radical (unpaired) electrons. The van der Waals surface area contributed by atoms with Gasteiger partial charge in [-0.25, -0.2) is 0 Å². The van der Waals surface area contributed by atoms with E-state index >= 15 is 0 Å². The van der Waals surface area contributed by atoms with E-state index < -0.39 is 0 Å². The third-order valence-corrected chi connectivity index (χ3v) is 4.90. The van der Waals surface area contributed by atoms with Gasteiger partial charge < -0.3 is 9.47 Å². The van der Waals surface area contributed by atoms with E-state index in [1.165, 1.54) is 5.56 Å². The average Bonchev–Trinajstić information content (AvgIpc) is 2.78. The van der Waals surface area contributed by atoms with E-state index in [0.29, 0.717) is 12.7 Å². The van der Waals surface area contributed by atoms with Gasteiger partial charge >= 0.3 is 0 Å². The quantitative estimate of drug-likeness (QED) is 0.698. The second-order valence-corrected chi connectivity index (χ2v) is 6.43. The summed E-state index contributed by atoms with van der Waals surface area (Å²) in [4.78, 5) is 0.245. The Morgan fingerprint density at radius 1 is 1.44 bits per heavy atom. The standard InChI is InChI=1S/C14H18Br2O2/c1-3-17-12-7-5-10(8-11(12)15)14(16)13-6-4-9(2)18-13/h5,7-9,13-14H,3-4,6H2,1-2H3. The lowest BCUT2D eigenvalue weighted by Gasteiger charge is -2.19. The van der Waals surface area contributed by atoms with Gasteiger partial charge in [-0.3, -0.25) is 0 Å². The molecule has 0 amide bonds. The van der Waals surface area contributed by atoms with Crippen LogP contribution in [0.4, 0.5) is 0 Å². The summed E-state index contributed by atoms with van der Waals surface area (Å²) in [5.41, 5.74) is 1.23. The number of halogens is 2. The van der Waals surface area contributed by atoms with E-state index in [4.69, 9.17) is 9.47 Å². The minimum absolute atomic E-state index is 0.245. The Hall–Kier alpha value is -0.0600. The molecule has 1 aromatic rings. The van der Waals surface area contributed by atoms with Crippen LogP contribution in [0, 0.1) is 0 Å². The molecule has 2 nitrogen and oxygen atoms in total. The Balaban J connectivity index is 2.11. The van der Waals surface area contributed by atoms with E-state index in [0.717, 1.165) is 23.1 Å². The third-order valence-electron chi connectivity index (χ3n) is 3.17. The van der Waals surface area contributed by atoms with Crippen molar-refractivity contribution in [3.8, 4) is 5.75 Å². The molecule has 1 aliphatic heterocycles. The highest BCUT2D eigenvalue weighted by Gasteiger charge is 2.29. The molecule has 18 heavy (non-hydrogen) atoms. The maximum Gasteiger partial charge on any atom is 0.133 e. The molecule has 1 aromatic carbocycles. The fraction of sp³-hybridized carbons (Fsp3) is 0.571. The summed E-state index contributed by atoms with van der Waals surface area (Å²) in [5.74, 6) is 0.890. The smallest absolute Gasteiger partial charge is 0.133 e. The monoisotopic (exact) mass is 376 g/mol. The lowest BCUT2D eigenvalue weighted by Crippen LogP contribution is -2.14. The summed E-state index contributed by atoms with van der Waals surface area (Å²) in [5, 5.41) is 0. The van der Waals surface area contributed by atoms with Gasteiger partial charge in [-0.05, 0) is 60.3 Å². The van der Waals surface area contributed by atoms with Crippen LogP contribution in [0.1, 0.15) is 37.1 Å². The second kappa shape index (κ2) is 6.40. The van der Waals surface area contributed by atoms with Gasteiger partial charge in [0.05, 0.1) is 28.1 Å². The van der Waals surface area contributed by atoms with Gasteiger partial charge in [-0.1, -0.05) is 22.0 Å². The molecule has 1 heterocycles. The van der Waals surface area contributed by atoms with Crippen molar-refractivity contribution in [2.24, 2.45) is 0 Å². The highest BCUT2D eigenvalue weighted by Crippen LogP contribution is 2.38. The van der Waals surface area contributed by atoms with Gasteiger partial charge in [0, 0.05) is 0 Å². The molecular formula is C14H18Br2O2. The van der Waals surface area contributed by atoms with Crippen molar-refractivity contribution in [2.75, 3.05) is 6.61 Å². The summed E-state index contributed by atoms with van der Waals surface area (Å²) < 4.78 is 12.4. The number of hydrogen-bond acceptors (Lipinski definition) is 2. The van der Waals surface area contributed by atoms with Crippen molar-refractivity contribution >= 4 is 31.9 Å². The number of ether oxygens (including phenoxy) is 2. The summed E-state index contributed by atoms with van der Waals surface area (Å²) in [6.45, 7) is 4.80. The van der Waals surface area contributed by atoms with Crippen molar-refractivity contribution in [3.63, 3.8) is 0 Å². The fourth-order valence-corrected chi connectivity index (χ4v) is 3.41. The zero-order valence-electron chi connectivity index (χ0n) is 10.7. The molecule has 0 spiro atoms. The average molecular weight is 378 g/mol. The van der Waals surface area contributed by atoms with Crippen molar-refractivity contribution in [2.45, 2.75) is 43.7 Å². The van der Waals surface area contributed by atoms with Crippen LogP contribution in [0.5, 0.6) is 5.75 Å². The first-order valence-electron chi connectivity index (χ1n) is 6.33. The molecule has 1 fully saturated rings. The van der Waals surface area contributed by atoms with Gasteiger partial charge in [-0.2, -0.15) is 0 Å². The minimum Gasteiger partial charge on any atom is -0.493 e. The predicted octanol–water partition coefficient (Wildman–Crippen LogP) is 4.85. The topological polar surface area (TPSA) is 18.5 Å². The van der Waals surface area contributed by atoms with Crippen LogP contribution in [0.15, 0.2) is 22.7 Å². The molecule has 100 valence electrons. The maximum atomic E-state index is 5.90. The summed E-state index contributed by atoms with van der Waals surface area (Å²) in [6, 6.07) is 6.22. The maximum absolute atomic E-state index is 5.90. The fourth-order valence-electron chi connectivity index (χ4n) is 2.22. The highest BCUT2D eigenvalue weighted by molar-refractivity contribution is 9.10. The molecule has 3 unspecified atom stereocenters. The Labute approximate surface area is 125 Å². The minimum atomic E-state index is 0.245. The second-order valence-electron chi connectivity index (χ2n) is 4.59. The molecule has 1 aliphatic rings. The first-order valence-corrected chi connectivity index (χ1v) is 8.04. The zero-order valence-corrected chi connectivity index (χ0v) is 13.8. The predicted molar refractivity (Wildman–Crippen MR) is 80.5 cm³/mol. The normalized spacial score (nSPS) is 25.1. The number of alkyl halides is 1. The summed E-state index contributed by atoms with van der Waals surface area (Å²) in [7, 11) is 0. The van der Waals surface area contributed by atoms with Crippen LogP contribution in [-0.2, 0) is 4.74 Å². The summed E-state index contributed by atoms with van der Waals surface area (Å²) in [6.07, 6.45) is 2.90. The Bertz CT molecular complexity index is 409. The molecule has 1 saturated heterocycles. The first-order chi connectivity index (χ1) is 8.61. The Morgan fingerprint density at radius 3 is 2.78 bits per heavy atom. The van der Waals surface area contributed by atoms with Crippen molar-refractivity contribution in [1.82, 2.24) is 0 Å². The van der Waals surface area contributed by atoms with Crippen LogP contribution in [0.25, 0.3) is 0 Å². The molecule has 3 atom stereocenters. The van der Waals surface area contributed by atoms with Crippen LogP contribution >= 0.6 is 31.9 Å². The van der Waals surface area contributed by atoms with Crippen molar-refractivity contribution < 1.29 is 9.47 Å². The van der Waals surface area contributed by atoms with E-state index in [-0.39, 0.29) is 10.9 Å². The Morgan fingerprint density at radius 2 is 2.22 bits per heavy atom. The molecule has 0 aromatic heterocycles. The lowest BCUT2D eigenvalue weighted by molar-refractivity contribution is 0.0556. The van der Waals surface area contributed by atoms with E-state index in [2.05, 4.69) is 50.9 Å². The van der Waals surface area contributed by atoms with E-state index in [1.54, 1.807) is 0 Å². The van der Waals surface area contributed by atoms with Gasteiger partial charge in [0.15, 0.2) is 0 Å². The molecule has 0 aliphatic carbocycles. The van der Waals surface area contributed by atoms with Crippen LogP contribution in [0.2, 0.25) is 0 Å². The van der Waals surface area contributed by atoms with E-state index in [1.807, 2.05) is 13.0 Å². The number of benzene rings is 1. The van der Waals surface area contributed by atoms with Crippen molar-refractivity contribution in [3.05, 3.63) is 28.2 Å². The van der Waals surface area contributed by atoms with E-state index in [9.17, 15) is 0 Å². The van der Waals surface area contributed by atoms with Gasteiger partial charge in [0.2, 0.25) is 0 Å². The molecule has 2 rings (SSSR count).